The zero-order valence-corrected chi connectivity index (χ0v) is 17.6. The molecule has 1 aliphatic heterocycles. The van der Waals surface area contributed by atoms with Gasteiger partial charge in [0.25, 0.3) is 0 Å². The lowest BCUT2D eigenvalue weighted by molar-refractivity contribution is 0.867. The van der Waals surface area contributed by atoms with Crippen LogP contribution in [0.3, 0.4) is 0 Å². The number of hydrogen-bond donors (Lipinski definition) is 2. The maximum atomic E-state index is 4.66. The van der Waals surface area contributed by atoms with Crippen LogP contribution in [0.4, 0.5) is 29.2 Å². The maximum Gasteiger partial charge on any atom is 0.233 e. The molecule has 4 rings (SSSR count). The average Bonchev–Trinajstić information content (AvgIpc) is 3.24. The van der Waals surface area contributed by atoms with Gasteiger partial charge in [-0.3, -0.25) is 0 Å². The van der Waals surface area contributed by atoms with E-state index in [1.165, 1.54) is 18.4 Å². The number of halogens is 1. The number of rotatable bonds is 6. The molecule has 2 N–H and O–H groups in total. The summed E-state index contributed by atoms with van der Waals surface area (Å²) in [5.41, 5.74) is 3.23. The standard InChI is InChI=1S/C22H26N6.ClH/c1-16(2)17-10-12-19(13-11-17)24-21-25-20(23-18-8-4-3-5-9-18)26-22(27-21)28-14-6-7-15-28;/h3-5,8-13,16H,6-7,14-15H2,1-2H3,(H2,23,24,25,26,27);1H. The first-order valence-electron chi connectivity index (χ1n) is 9.87. The van der Waals surface area contributed by atoms with Crippen LogP contribution in [0.25, 0.3) is 0 Å². The van der Waals surface area contributed by atoms with Crippen molar-refractivity contribution in [3.8, 4) is 0 Å². The lowest BCUT2D eigenvalue weighted by atomic mass is 10.0. The molecule has 0 amide bonds. The van der Waals surface area contributed by atoms with Gasteiger partial charge in [-0.15, -0.1) is 12.4 Å². The Kier molecular flexibility index (Phi) is 6.88. The summed E-state index contributed by atoms with van der Waals surface area (Å²) < 4.78 is 0. The minimum Gasteiger partial charge on any atom is -0.341 e. The normalized spacial score (nSPS) is 13.3. The zero-order valence-electron chi connectivity index (χ0n) is 16.8. The molecule has 0 aliphatic carbocycles. The fourth-order valence-electron chi connectivity index (χ4n) is 3.27. The number of hydrogen-bond acceptors (Lipinski definition) is 6. The summed E-state index contributed by atoms with van der Waals surface area (Å²) in [7, 11) is 0. The van der Waals surface area contributed by atoms with Gasteiger partial charge in [-0.2, -0.15) is 15.0 Å². The van der Waals surface area contributed by atoms with E-state index in [1.54, 1.807) is 0 Å². The van der Waals surface area contributed by atoms with E-state index in [4.69, 9.17) is 0 Å². The van der Waals surface area contributed by atoms with Crippen LogP contribution in [0.15, 0.2) is 54.6 Å². The first kappa shape index (κ1) is 20.9. The Morgan fingerprint density at radius 3 is 1.86 bits per heavy atom. The Morgan fingerprint density at radius 2 is 1.31 bits per heavy atom. The van der Waals surface area contributed by atoms with Crippen molar-refractivity contribution in [3.05, 3.63) is 60.2 Å². The van der Waals surface area contributed by atoms with Crippen LogP contribution >= 0.6 is 12.4 Å². The van der Waals surface area contributed by atoms with Gasteiger partial charge >= 0.3 is 0 Å². The number of para-hydroxylation sites is 1. The second-order valence-corrected chi connectivity index (χ2v) is 7.37. The van der Waals surface area contributed by atoms with Crippen LogP contribution in [0, 0.1) is 0 Å². The highest BCUT2D eigenvalue weighted by molar-refractivity contribution is 5.85. The van der Waals surface area contributed by atoms with Crippen LogP contribution in [-0.2, 0) is 0 Å². The lowest BCUT2D eigenvalue weighted by Gasteiger charge is -2.17. The summed E-state index contributed by atoms with van der Waals surface area (Å²) in [5, 5.41) is 6.62. The highest BCUT2D eigenvalue weighted by Gasteiger charge is 2.17. The molecule has 6 nitrogen and oxygen atoms in total. The summed E-state index contributed by atoms with van der Waals surface area (Å²) >= 11 is 0. The van der Waals surface area contributed by atoms with Crippen LogP contribution in [-0.4, -0.2) is 28.0 Å². The Balaban J connectivity index is 0.00000240. The molecule has 1 aromatic heterocycles. The topological polar surface area (TPSA) is 66.0 Å². The molecular formula is C22H27ClN6. The highest BCUT2D eigenvalue weighted by Crippen LogP contribution is 2.23. The quantitative estimate of drug-likeness (QED) is 0.559. The van der Waals surface area contributed by atoms with Crippen LogP contribution in [0.2, 0.25) is 0 Å². The van der Waals surface area contributed by atoms with E-state index in [0.717, 1.165) is 24.5 Å². The largest absolute Gasteiger partial charge is 0.341 e. The highest BCUT2D eigenvalue weighted by atomic mass is 35.5. The van der Waals surface area contributed by atoms with Crippen LogP contribution in [0.5, 0.6) is 0 Å². The maximum absolute atomic E-state index is 4.66. The molecule has 1 saturated heterocycles. The van der Waals surface area contributed by atoms with Gasteiger partial charge in [0.1, 0.15) is 0 Å². The molecule has 0 radical (unpaired) electrons. The van der Waals surface area contributed by atoms with Gasteiger partial charge < -0.3 is 15.5 Å². The van der Waals surface area contributed by atoms with Crippen molar-refractivity contribution in [1.82, 2.24) is 15.0 Å². The van der Waals surface area contributed by atoms with Crippen molar-refractivity contribution < 1.29 is 0 Å². The second kappa shape index (κ2) is 9.56. The van der Waals surface area contributed by atoms with Crippen molar-refractivity contribution >= 4 is 41.6 Å². The van der Waals surface area contributed by atoms with E-state index < -0.39 is 0 Å². The van der Waals surface area contributed by atoms with Crippen LogP contribution in [0.1, 0.15) is 38.2 Å². The molecule has 3 aromatic rings. The number of aromatic nitrogens is 3. The average molecular weight is 411 g/mol. The minimum atomic E-state index is 0. The first-order chi connectivity index (χ1) is 13.7. The lowest BCUT2D eigenvalue weighted by Crippen LogP contribution is -2.21. The summed E-state index contributed by atoms with van der Waals surface area (Å²) in [6, 6.07) is 18.4. The van der Waals surface area contributed by atoms with Crippen molar-refractivity contribution in [1.29, 1.82) is 0 Å². The Labute approximate surface area is 178 Å². The zero-order chi connectivity index (χ0) is 19.3. The fourth-order valence-corrected chi connectivity index (χ4v) is 3.27. The molecule has 29 heavy (non-hydrogen) atoms. The van der Waals surface area contributed by atoms with Crippen molar-refractivity contribution in [2.24, 2.45) is 0 Å². The summed E-state index contributed by atoms with van der Waals surface area (Å²) in [6.07, 6.45) is 2.35. The minimum absolute atomic E-state index is 0. The number of benzene rings is 2. The smallest absolute Gasteiger partial charge is 0.233 e. The van der Waals surface area contributed by atoms with Crippen molar-refractivity contribution in [3.63, 3.8) is 0 Å². The Hall–Kier alpha value is -2.86. The molecule has 0 unspecified atom stereocenters. The first-order valence-corrected chi connectivity index (χ1v) is 9.87. The molecule has 0 spiro atoms. The van der Waals surface area contributed by atoms with E-state index in [0.29, 0.717) is 23.8 Å². The van der Waals surface area contributed by atoms with Gasteiger partial charge in [0.15, 0.2) is 0 Å². The van der Waals surface area contributed by atoms with Gasteiger partial charge in [0.05, 0.1) is 0 Å². The fraction of sp³-hybridized carbons (Fsp3) is 0.318. The molecule has 0 bridgehead atoms. The number of nitrogens with zero attached hydrogens (tertiary/aromatic N) is 4. The van der Waals surface area contributed by atoms with Gasteiger partial charge in [-0.1, -0.05) is 44.2 Å². The SMILES string of the molecule is CC(C)c1ccc(Nc2nc(Nc3ccccc3)nc(N3CCCC3)n2)cc1.Cl. The molecule has 152 valence electrons. The molecular weight excluding hydrogens is 384 g/mol. The molecule has 1 aliphatic rings. The van der Waals surface area contributed by atoms with E-state index in [9.17, 15) is 0 Å². The Bertz CT molecular complexity index is 908. The summed E-state index contributed by atoms with van der Waals surface area (Å²) in [4.78, 5) is 16.1. The molecule has 7 heteroatoms. The number of anilines is 5. The third-order valence-corrected chi connectivity index (χ3v) is 4.88. The van der Waals surface area contributed by atoms with Gasteiger partial charge in [-0.05, 0) is 48.6 Å². The number of nitrogens with one attached hydrogen (secondary N) is 2. The third-order valence-electron chi connectivity index (χ3n) is 4.88. The second-order valence-electron chi connectivity index (χ2n) is 7.37. The predicted molar refractivity (Wildman–Crippen MR) is 122 cm³/mol. The molecule has 0 saturated carbocycles. The molecule has 2 aromatic carbocycles. The van der Waals surface area contributed by atoms with Crippen molar-refractivity contribution in [2.45, 2.75) is 32.6 Å². The Morgan fingerprint density at radius 1 is 0.759 bits per heavy atom. The predicted octanol–water partition coefficient (Wildman–Crippen LogP) is 5.50. The molecule has 2 heterocycles. The van der Waals surface area contributed by atoms with E-state index in [2.05, 4.69) is 68.6 Å². The van der Waals surface area contributed by atoms with E-state index >= 15 is 0 Å². The van der Waals surface area contributed by atoms with Crippen molar-refractivity contribution in [2.75, 3.05) is 28.6 Å². The summed E-state index contributed by atoms with van der Waals surface area (Å²) in [6.45, 7) is 6.35. The van der Waals surface area contributed by atoms with E-state index in [-0.39, 0.29) is 12.4 Å². The van der Waals surface area contributed by atoms with Crippen LogP contribution < -0.4 is 15.5 Å². The van der Waals surface area contributed by atoms with Gasteiger partial charge in [0, 0.05) is 24.5 Å². The van der Waals surface area contributed by atoms with Gasteiger partial charge in [-0.25, -0.2) is 0 Å². The summed E-state index contributed by atoms with van der Waals surface area (Å²) in [5.74, 6) is 2.32. The van der Waals surface area contributed by atoms with E-state index in [1.807, 2.05) is 30.3 Å². The van der Waals surface area contributed by atoms with Gasteiger partial charge in [0.2, 0.25) is 17.8 Å². The molecule has 1 fully saturated rings. The third kappa shape index (κ3) is 5.35. The molecule has 0 atom stereocenters. The monoisotopic (exact) mass is 410 g/mol.